The first-order valence-corrected chi connectivity index (χ1v) is 6.93. The number of hydrogen-bond acceptors (Lipinski definition) is 4. The zero-order valence-electron chi connectivity index (χ0n) is 11.7. The van der Waals surface area contributed by atoms with E-state index in [-0.39, 0.29) is 5.41 Å². The second kappa shape index (κ2) is 7.04. The lowest BCUT2D eigenvalue weighted by Gasteiger charge is -2.37. The van der Waals surface area contributed by atoms with E-state index in [1.807, 2.05) is 18.2 Å². The number of ether oxygens (including phenoxy) is 1. The molecular weight excluding hydrogens is 270 g/mol. The molecule has 0 unspecified atom stereocenters. The molecule has 5 nitrogen and oxygen atoms in total. The predicted molar refractivity (Wildman–Crippen MR) is 75.3 cm³/mol. The van der Waals surface area contributed by atoms with Crippen molar-refractivity contribution in [1.29, 1.82) is 0 Å². The molecule has 0 atom stereocenters. The van der Waals surface area contributed by atoms with Crippen LogP contribution in [0, 0.1) is 0 Å². The highest BCUT2D eigenvalue weighted by Crippen LogP contribution is 2.34. The summed E-state index contributed by atoms with van der Waals surface area (Å²) in [7, 11) is 0. The molecule has 0 aliphatic carbocycles. The van der Waals surface area contributed by atoms with Gasteiger partial charge >= 0.3 is 0 Å². The molecule has 0 spiro atoms. The molecule has 1 aliphatic rings. The Bertz CT molecular complexity index is 518. The normalized spacial score (nSPS) is 17.5. The first-order chi connectivity index (χ1) is 10.1. The largest absolute Gasteiger partial charge is 0.545 e. The number of rotatable bonds is 5. The second-order valence-electron chi connectivity index (χ2n) is 5.13. The minimum atomic E-state index is -1.38. The van der Waals surface area contributed by atoms with Crippen molar-refractivity contribution in [1.82, 2.24) is 5.32 Å². The van der Waals surface area contributed by atoms with Crippen molar-refractivity contribution >= 4 is 11.9 Å². The predicted octanol–water partition coefficient (Wildman–Crippen LogP) is 0.157. The van der Waals surface area contributed by atoms with Crippen LogP contribution in [0.25, 0.3) is 0 Å². The molecule has 0 aromatic heterocycles. The molecule has 5 heteroatoms. The van der Waals surface area contributed by atoms with Crippen molar-refractivity contribution < 1.29 is 19.4 Å². The molecule has 1 fully saturated rings. The summed E-state index contributed by atoms with van der Waals surface area (Å²) in [6.07, 6.45) is 3.35. The number of carboxylic acids is 1. The Morgan fingerprint density at radius 3 is 2.48 bits per heavy atom. The van der Waals surface area contributed by atoms with Gasteiger partial charge in [0.25, 0.3) is 0 Å². The van der Waals surface area contributed by atoms with E-state index in [1.54, 1.807) is 0 Å². The van der Waals surface area contributed by atoms with E-state index in [0.717, 1.165) is 30.6 Å². The van der Waals surface area contributed by atoms with Crippen molar-refractivity contribution in [2.24, 2.45) is 0 Å². The number of amides is 1. The first-order valence-electron chi connectivity index (χ1n) is 6.93. The van der Waals surface area contributed by atoms with Crippen molar-refractivity contribution in [3.05, 3.63) is 48.0 Å². The molecule has 1 saturated heterocycles. The highest BCUT2D eigenvalue weighted by atomic mass is 16.5. The second-order valence-corrected chi connectivity index (χ2v) is 5.13. The molecule has 1 amide bonds. The molecule has 1 N–H and O–H groups in total. The summed E-state index contributed by atoms with van der Waals surface area (Å²) >= 11 is 0. The van der Waals surface area contributed by atoms with Crippen LogP contribution in [-0.4, -0.2) is 31.6 Å². The fourth-order valence-electron chi connectivity index (χ4n) is 2.58. The smallest absolute Gasteiger partial charge is 0.244 e. The molecule has 1 aromatic rings. The zero-order valence-corrected chi connectivity index (χ0v) is 11.7. The molecule has 1 heterocycles. The number of hydrogen-bond donors (Lipinski definition) is 1. The molecule has 2 rings (SSSR count). The SMILES string of the molecule is O=C([O-])C=CC(=O)NCC1(c2ccccc2)CCOCC1. The summed E-state index contributed by atoms with van der Waals surface area (Å²) in [5.41, 5.74) is 1.00. The van der Waals surface area contributed by atoms with Gasteiger partial charge in [-0.2, -0.15) is 0 Å². The topological polar surface area (TPSA) is 78.5 Å². The van der Waals surface area contributed by atoms with Crippen LogP contribution in [-0.2, 0) is 19.7 Å². The van der Waals surface area contributed by atoms with Gasteiger partial charge in [-0.3, -0.25) is 4.79 Å². The first kappa shape index (κ1) is 15.3. The summed E-state index contributed by atoms with van der Waals surface area (Å²) in [5.74, 6) is -1.81. The average Bonchev–Trinajstić information content (AvgIpc) is 2.52. The molecule has 0 bridgehead atoms. The third kappa shape index (κ3) is 4.16. The van der Waals surface area contributed by atoms with E-state index < -0.39 is 11.9 Å². The molecule has 1 aliphatic heterocycles. The van der Waals surface area contributed by atoms with Crippen LogP contribution in [0.3, 0.4) is 0 Å². The summed E-state index contributed by atoms with van der Waals surface area (Å²) in [6, 6.07) is 10.0. The Morgan fingerprint density at radius 1 is 1.19 bits per heavy atom. The zero-order chi connectivity index (χ0) is 15.1. The standard InChI is InChI=1S/C16H19NO4/c18-14(6-7-15(19)20)17-12-16(8-10-21-11-9-16)13-4-2-1-3-5-13/h1-7H,8-12H2,(H,17,18)(H,19,20)/p-1. The van der Waals surface area contributed by atoms with Crippen LogP contribution in [0.5, 0.6) is 0 Å². The van der Waals surface area contributed by atoms with Gasteiger partial charge < -0.3 is 20.0 Å². The van der Waals surface area contributed by atoms with Crippen LogP contribution >= 0.6 is 0 Å². The summed E-state index contributed by atoms with van der Waals surface area (Å²) in [4.78, 5) is 21.9. The minimum Gasteiger partial charge on any atom is -0.545 e. The third-order valence-corrected chi connectivity index (χ3v) is 3.81. The average molecular weight is 288 g/mol. The van der Waals surface area contributed by atoms with Crippen molar-refractivity contribution in [2.45, 2.75) is 18.3 Å². The third-order valence-electron chi connectivity index (χ3n) is 3.81. The monoisotopic (exact) mass is 288 g/mol. The number of carboxylic acid groups (broad SMARTS) is 1. The van der Waals surface area contributed by atoms with Crippen LogP contribution in [0.1, 0.15) is 18.4 Å². The van der Waals surface area contributed by atoms with Gasteiger partial charge in [0.1, 0.15) is 0 Å². The molecule has 21 heavy (non-hydrogen) atoms. The Labute approximate surface area is 123 Å². The molecule has 1 aromatic carbocycles. The molecule has 112 valence electrons. The maximum Gasteiger partial charge on any atom is 0.244 e. The van der Waals surface area contributed by atoms with Gasteiger partial charge in [-0.25, -0.2) is 0 Å². The molecular formula is C16H18NO4-. The Kier molecular flexibility index (Phi) is 5.11. The fraction of sp³-hybridized carbons (Fsp3) is 0.375. The van der Waals surface area contributed by atoms with Gasteiger partial charge in [0, 0.05) is 31.2 Å². The van der Waals surface area contributed by atoms with Gasteiger partial charge in [0.05, 0.1) is 5.97 Å². The van der Waals surface area contributed by atoms with Crippen LogP contribution in [0.2, 0.25) is 0 Å². The number of carbonyl (C=O) groups excluding carboxylic acids is 2. The minimum absolute atomic E-state index is 0.162. The summed E-state index contributed by atoms with van der Waals surface area (Å²) in [6.45, 7) is 1.76. The van der Waals surface area contributed by atoms with E-state index in [9.17, 15) is 14.7 Å². The Hall–Kier alpha value is -2.14. The maximum atomic E-state index is 11.6. The Morgan fingerprint density at radius 2 is 1.86 bits per heavy atom. The van der Waals surface area contributed by atoms with Crippen LogP contribution < -0.4 is 10.4 Å². The number of aliphatic carboxylic acids is 1. The van der Waals surface area contributed by atoms with Crippen LogP contribution in [0.4, 0.5) is 0 Å². The quantitative estimate of drug-likeness (QED) is 0.783. The maximum absolute atomic E-state index is 11.6. The van der Waals surface area contributed by atoms with Crippen molar-refractivity contribution in [2.75, 3.05) is 19.8 Å². The lowest BCUT2D eigenvalue weighted by molar-refractivity contribution is -0.297. The van der Waals surface area contributed by atoms with E-state index >= 15 is 0 Å². The summed E-state index contributed by atoms with van der Waals surface area (Å²) < 4.78 is 5.42. The highest BCUT2D eigenvalue weighted by molar-refractivity contribution is 5.93. The molecule has 0 radical (unpaired) electrons. The van der Waals surface area contributed by atoms with E-state index in [2.05, 4.69) is 17.4 Å². The van der Waals surface area contributed by atoms with E-state index in [4.69, 9.17) is 4.74 Å². The number of nitrogens with one attached hydrogen (secondary N) is 1. The van der Waals surface area contributed by atoms with Gasteiger partial charge in [-0.05, 0) is 24.5 Å². The van der Waals surface area contributed by atoms with Crippen molar-refractivity contribution in [3.63, 3.8) is 0 Å². The fourth-order valence-corrected chi connectivity index (χ4v) is 2.58. The molecule has 0 saturated carbocycles. The van der Waals surface area contributed by atoms with E-state index in [1.165, 1.54) is 0 Å². The van der Waals surface area contributed by atoms with Gasteiger partial charge in [0.15, 0.2) is 0 Å². The summed E-state index contributed by atoms with van der Waals surface area (Å²) in [5, 5.41) is 13.1. The van der Waals surface area contributed by atoms with Crippen molar-refractivity contribution in [3.8, 4) is 0 Å². The van der Waals surface area contributed by atoms with Crippen LogP contribution in [0.15, 0.2) is 42.5 Å². The lowest BCUT2D eigenvalue weighted by Crippen LogP contribution is -2.44. The lowest BCUT2D eigenvalue weighted by atomic mass is 9.74. The number of benzene rings is 1. The van der Waals surface area contributed by atoms with Gasteiger partial charge in [-0.1, -0.05) is 30.3 Å². The van der Waals surface area contributed by atoms with Gasteiger partial charge in [-0.15, -0.1) is 0 Å². The van der Waals surface area contributed by atoms with E-state index in [0.29, 0.717) is 19.8 Å². The Balaban J connectivity index is 2.07. The van der Waals surface area contributed by atoms with Gasteiger partial charge in [0.2, 0.25) is 5.91 Å². The highest BCUT2D eigenvalue weighted by Gasteiger charge is 2.34. The number of carbonyl (C=O) groups is 2.